The average Bonchev–Trinajstić information content (AvgIpc) is 1.93. The Morgan fingerprint density at radius 3 is 3.11 bits per heavy atom. The molecule has 9 heavy (non-hydrogen) atoms. The summed E-state index contributed by atoms with van der Waals surface area (Å²) in [6, 6.07) is 0. The average molecular weight is 171 g/mol. The van der Waals surface area contributed by atoms with Gasteiger partial charge in [0.25, 0.3) is 0 Å². The van der Waals surface area contributed by atoms with Gasteiger partial charge in [-0.3, -0.25) is 0 Å². The molecule has 1 heterocycles. The number of rotatable bonds is 0. The van der Waals surface area contributed by atoms with E-state index in [-0.39, 0.29) is 10.9 Å². The van der Waals surface area contributed by atoms with Gasteiger partial charge in [-0.1, -0.05) is 0 Å². The normalized spacial score (nSPS) is 29.1. The van der Waals surface area contributed by atoms with Crippen LogP contribution in [-0.2, 0) is 20.5 Å². The van der Waals surface area contributed by atoms with Gasteiger partial charge in [-0.2, -0.15) is 0 Å². The summed E-state index contributed by atoms with van der Waals surface area (Å²) < 4.78 is 0. The molecule has 1 unspecified atom stereocenters. The first-order valence-electron chi connectivity index (χ1n) is 3.20. The molecule has 1 aliphatic heterocycles. The summed E-state index contributed by atoms with van der Waals surface area (Å²) >= 11 is 4.21. The van der Waals surface area contributed by atoms with E-state index in [0.29, 0.717) is 6.42 Å². The van der Waals surface area contributed by atoms with Gasteiger partial charge in [0.1, 0.15) is 0 Å². The Bertz CT molecular complexity index is 116. The van der Waals surface area contributed by atoms with Crippen molar-refractivity contribution < 1.29 is 20.5 Å². The van der Waals surface area contributed by atoms with Crippen LogP contribution >= 0.6 is 0 Å². The number of nitrogens with one attached hydrogen (secondary N) is 1. The van der Waals surface area contributed by atoms with Crippen molar-refractivity contribution in [2.45, 2.75) is 30.7 Å². The van der Waals surface area contributed by atoms with Crippen molar-refractivity contribution in [3.8, 4) is 0 Å². The van der Waals surface area contributed by atoms with Crippen LogP contribution in [0, 0.1) is 0 Å². The van der Waals surface area contributed by atoms with E-state index < -0.39 is 0 Å². The molecular weight excluding hydrogens is 161 g/mol. The van der Waals surface area contributed by atoms with Crippen LogP contribution in [0.1, 0.15) is 25.7 Å². The van der Waals surface area contributed by atoms with Gasteiger partial charge in [-0.05, 0) is 0 Å². The molecule has 1 fully saturated rings. The van der Waals surface area contributed by atoms with Crippen LogP contribution < -0.4 is 5.32 Å². The monoisotopic (exact) mass is 171 g/mol. The molecule has 0 bridgehead atoms. The van der Waals surface area contributed by atoms with E-state index in [4.69, 9.17) is 0 Å². The fourth-order valence-electron chi connectivity index (χ4n) is 0.912. The number of hydrogen-bond donors (Lipinski definition) is 1. The van der Waals surface area contributed by atoms with Gasteiger partial charge < -0.3 is 0 Å². The Balaban J connectivity index is 2.37. The van der Waals surface area contributed by atoms with Crippen LogP contribution in [0.5, 0.6) is 0 Å². The zero-order valence-electron chi connectivity index (χ0n) is 5.15. The molecule has 0 radical (unpaired) electrons. The molecule has 2 nitrogen and oxygen atoms in total. The molecule has 1 rings (SSSR count). The van der Waals surface area contributed by atoms with Crippen LogP contribution in [-0.4, -0.2) is 10.9 Å². The number of amides is 1. The molecule has 1 amide bonds. The third-order valence-corrected chi connectivity index (χ3v) is 1.86. The molecule has 0 aromatic rings. The van der Waals surface area contributed by atoms with E-state index in [1.54, 1.807) is 0 Å². The molecule has 0 aliphatic carbocycles. The number of carbonyl (C=O) groups excluding carboxylic acids is 1. The van der Waals surface area contributed by atoms with Gasteiger partial charge >= 0.3 is 62.4 Å². The van der Waals surface area contributed by atoms with Crippen LogP contribution in [0.4, 0.5) is 0 Å². The zero-order valence-corrected chi connectivity index (χ0v) is 6.19. The molecule has 3 heteroatoms. The van der Waals surface area contributed by atoms with Crippen molar-refractivity contribution in [2.24, 2.45) is 0 Å². The molecule has 1 atom stereocenters. The summed E-state index contributed by atoms with van der Waals surface area (Å²) in [5.41, 5.74) is 0. The van der Waals surface area contributed by atoms with Crippen molar-refractivity contribution in [1.29, 1.82) is 0 Å². The van der Waals surface area contributed by atoms with Crippen molar-refractivity contribution in [1.82, 2.24) is 5.32 Å². The van der Waals surface area contributed by atoms with Gasteiger partial charge in [-0.25, -0.2) is 0 Å². The number of hydrogen-bond acceptors (Lipinski definition) is 1. The van der Waals surface area contributed by atoms with Crippen LogP contribution in [0.2, 0.25) is 0 Å². The summed E-state index contributed by atoms with van der Waals surface area (Å²) in [7, 11) is 0. The Hall–Kier alpha value is -0.0235. The molecule has 0 aromatic carbocycles. The fraction of sp³-hybridized carbons (Fsp3) is 0.833. The molecule has 0 saturated carbocycles. The van der Waals surface area contributed by atoms with Gasteiger partial charge in [-0.15, -0.1) is 0 Å². The van der Waals surface area contributed by atoms with Gasteiger partial charge in [0.15, 0.2) is 0 Å². The Kier molecular flexibility index (Phi) is 2.54. The minimum absolute atomic E-state index is 0.0903. The van der Waals surface area contributed by atoms with Crippen molar-refractivity contribution in [3.63, 3.8) is 0 Å². The Morgan fingerprint density at radius 1 is 1.56 bits per heavy atom. The third-order valence-electron chi connectivity index (χ3n) is 1.41. The third kappa shape index (κ3) is 2.36. The van der Waals surface area contributed by atoms with Crippen LogP contribution in [0.25, 0.3) is 0 Å². The van der Waals surface area contributed by atoms with E-state index in [1.165, 1.54) is 0 Å². The second kappa shape index (κ2) is 3.22. The van der Waals surface area contributed by atoms with Crippen molar-refractivity contribution in [2.75, 3.05) is 0 Å². The summed E-state index contributed by atoms with van der Waals surface area (Å²) in [4.78, 5) is 10.8. The summed E-state index contributed by atoms with van der Waals surface area (Å²) in [6.45, 7) is 0. The summed E-state index contributed by atoms with van der Waals surface area (Å²) in [5, 5.41) is 2.76. The predicted molar refractivity (Wildman–Crippen MR) is 30.4 cm³/mol. The molecule has 1 saturated heterocycles. The van der Waals surface area contributed by atoms with Gasteiger partial charge in [0.05, 0.1) is 0 Å². The van der Waals surface area contributed by atoms with Gasteiger partial charge in [0.2, 0.25) is 0 Å². The van der Waals surface area contributed by atoms with E-state index in [9.17, 15) is 4.79 Å². The molecule has 1 N–H and O–H groups in total. The molecule has 54 valence electrons. The van der Waals surface area contributed by atoms with Crippen LogP contribution in [0.3, 0.4) is 0 Å². The van der Waals surface area contributed by atoms with E-state index in [2.05, 4.69) is 21.1 Å². The van der Waals surface area contributed by atoms with E-state index >= 15 is 0 Å². The topological polar surface area (TPSA) is 29.1 Å². The molecule has 0 spiro atoms. The maximum atomic E-state index is 10.7. The van der Waals surface area contributed by atoms with E-state index in [1.807, 2.05) is 0 Å². The second-order valence-corrected chi connectivity index (χ2v) is 2.98. The first kappa shape index (κ1) is 7.09. The predicted octanol–water partition coefficient (Wildman–Crippen LogP) is 0.549. The molecule has 1 aliphatic rings. The summed E-state index contributed by atoms with van der Waals surface area (Å²) in [6.07, 6.45) is 3.81. The fourth-order valence-corrected chi connectivity index (χ4v) is 1.29. The Labute approximate surface area is 63.0 Å². The van der Waals surface area contributed by atoms with Crippen molar-refractivity contribution in [3.05, 3.63) is 0 Å². The Morgan fingerprint density at radius 2 is 2.33 bits per heavy atom. The van der Waals surface area contributed by atoms with Gasteiger partial charge in [0, 0.05) is 0 Å². The molecular formula is C6H10CoNO. The first-order valence-corrected chi connectivity index (χ1v) is 3.80. The standard InChI is InChI=1S/C6H10NO.Co/c8-6-4-2-1-3-5-7-6;/h5H,1-4H2,(H,7,8);. The quantitative estimate of drug-likeness (QED) is 0.566. The minimum atomic E-state index is 0.0903. The first-order chi connectivity index (χ1) is 4.29. The molecule has 0 aromatic heterocycles. The summed E-state index contributed by atoms with van der Waals surface area (Å²) in [5.74, 6) is 0.144. The SMILES string of the molecule is O=C1CCCC[CH]([Co])N1. The maximum absolute atomic E-state index is 10.7. The number of carbonyl (C=O) groups is 1. The second-order valence-electron chi connectivity index (χ2n) is 2.25. The van der Waals surface area contributed by atoms with Crippen molar-refractivity contribution >= 4 is 5.91 Å². The van der Waals surface area contributed by atoms with Crippen LogP contribution in [0.15, 0.2) is 0 Å². The zero-order chi connectivity index (χ0) is 6.69. The van der Waals surface area contributed by atoms with E-state index in [0.717, 1.165) is 19.3 Å².